The highest BCUT2D eigenvalue weighted by Gasteiger charge is 2.35. The van der Waals surface area contributed by atoms with Crippen molar-refractivity contribution in [2.45, 2.75) is 37.6 Å². The molecule has 4 N–H and O–H groups in total. The van der Waals surface area contributed by atoms with E-state index in [1.54, 1.807) is 30.3 Å². The van der Waals surface area contributed by atoms with Gasteiger partial charge < -0.3 is 20.7 Å². The van der Waals surface area contributed by atoms with Crippen molar-refractivity contribution in [2.75, 3.05) is 18.9 Å². The molecule has 184 valence electrons. The number of nitrogen functional groups attached to an aromatic ring is 1. The molecule has 0 bridgehead atoms. The molecular weight excluding hydrogens is 487 g/mol. The zero-order chi connectivity index (χ0) is 24.9. The van der Waals surface area contributed by atoms with Gasteiger partial charge in [-0.1, -0.05) is 59.6 Å². The van der Waals surface area contributed by atoms with Gasteiger partial charge in [0.2, 0.25) is 0 Å². The van der Waals surface area contributed by atoms with Crippen LogP contribution in [0.25, 0.3) is 0 Å². The highest BCUT2D eigenvalue weighted by atomic mass is 35.5. The maximum Gasteiger partial charge on any atom is 0.335 e. The molecule has 1 fully saturated rings. The fourth-order valence-corrected chi connectivity index (χ4v) is 5.26. The number of nitrogens with zero attached hydrogens (tertiary/aromatic N) is 1. The summed E-state index contributed by atoms with van der Waals surface area (Å²) in [5.41, 5.74) is 9.51. The van der Waals surface area contributed by atoms with Crippen molar-refractivity contribution in [2.24, 2.45) is 0 Å². The van der Waals surface area contributed by atoms with Crippen molar-refractivity contribution >= 4 is 34.9 Å². The number of aromatic carboxylic acids is 1. The number of carboxylic acid groups (broad SMARTS) is 1. The Kier molecular flexibility index (Phi) is 8.31. The number of nitrogens with two attached hydrogens (primary N) is 1. The zero-order valence-electron chi connectivity index (χ0n) is 19.1. The predicted molar refractivity (Wildman–Crippen MR) is 138 cm³/mol. The topological polar surface area (TPSA) is 96.0 Å². The van der Waals surface area contributed by atoms with Crippen molar-refractivity contribution in [3.8, 4) is 0 Å². The van der Waals surface area contributed by atoms with Gasteiger partial charge in [0.1, 0.15) is 6.10 Å². The third-order valence-electron chi connectivity index (χ3n) is 6.35. The first-order valence-electron chi connectivity index (χ1n) is 11.5. The molecule has 8 heteroatoms. The normalized spacial score (nSPS) is 19.4. The number of aliphatic hydroxyl groups is 1. The van der Waals surface area contributed by atoms with Gasteiger partial charge in [-0.3, -0.25) is 4.90 Å². The number of hydrogen-bond donors (Lipinski definition) is 3. The average molecular weight is 515 g/mol. The van der Waals surface area contributed by atoms with Gasteiger partial charge in [0.15, 0.2) is 0 Å². The van der Waals surface area contributed by atoms with Crippen LogP contribution in [-0.2, 0) is 11.3 Å². The lowest BCUT2D eigenvalue weighted by Crippen LogP contribution is -2.43. The van der Waals surface area contributed by atoms with Crippen LogP contribution in [0.4, 0.5) is 5.69 Å². The summed E-state index contributed by atoms with van der Waals surface area (Å²) in [5.74, 6) is -1.01. The monoisotopic (exact) mass is 514 g/mol. The highest BCUT2D eigenvalue weighted by Crippen LogP contribution is 2.38. The van der Waals surface area contributed by atoms with E-state index in [0.717, 1.165) is 36.1 Å². The Hall–Kier alpha value is -2.61. The Balaban J connectivity index is 1.63. The van der Waals surface area contributed by atoms with E-state index in [2.05, 4.69) is 17.0 Å². The van der Waals surface area contributed by atoms with Crippen molar-refractivity contribution in [1.29, 1.82) is 0 Å². The van der Waals surface area contributed by atoms with E-state index in [1.165, 1.54) is 6.07 Å². The molecule has 0 spiro atoms. The summed E-state index contributed by atoms with van der Waals surface area (Å²) in [7, 11) is 0. The Labute approximate surface area is 214 Å². The van der Waals surface area contributed by atoms with Crippen LogP contribution < -0.4 is 5.73 Å². The molecule has 0 radical (unpaired) electrons. The lowest BCUT2D eigenvalue weighted by molar-refractivity contribution is -0.100. The van der Waals surface area contributed by atoms with Gasteiger partial charge in [-0.05, 0) is 66.4 Å². The molecule has 0 amide bonds. The first-order valence-corrected chi connectivity index (χ1v) is 12.2. The lowest BCUT2D eigenvalue weighted by atomic mass is 9.91. The number of hydrogen-bond acceptors (Lipinski definition) is 5. The molecule has 1 saturated heterocycles. The number of ether oxygens (including phenoxy) is 1. The van der Waals surface area contributed by atoms with Crippen LogP contribution in [0.2, 0.25) is 10.0 Å². The Bertz CT molecular complexity index is 1150. The van der Waals surface area contributed by atoms with E-state index in [4.69, 9.17) is 33.7 Å². The molecule has 3 aromatic carbocycles. The number of piperidine rings is 1. The van der Waals surface area contributed by atoms with Crippen LogP contribution in [0.3, 0.4) is 0 Å². The summed E-state index contributed by atoms with van der Waals surface area (Å²) in [5, 5.41) is 20.4. The van der Waals surface area contributed by atoms with Gasteiger partial charge in [0, 0.05) is 22.3 Å². The molecule has 3 atom stereocenters. The van der Waals surface area contributed by atoms with E-state index in [-0.39, 0.29) is 24.3 Å². The zero-order valence-corrected chi connectivity index (χ0v) is 20.6. The number of carbonyl (C=O) groups is 1. The fourth-order valence-electron chi connectivity index (χ4n) is 4.71. The summed E-state index contributed by atoms with van der Waals surface area (Å²) >= 11 is 12.4. The Morgan fingerprint density at radius 1 is 1.09 bits per heavy atom. The maximum absolute atomic E-state index is 11.3. The van der Waals surface area contributed by atoms with Gasteiger partial charge in [-0.15, -0.1) is 0 Å². The van der Waals surface area contributed by atoms with E-state index in [1.807, 2.05) is 18.2 Å². The number of rotatable bonds is 8. The first-order chi connectivity index (χ1) is 16.9. The SMILES string of the molecule is Nc1cc(C(=O)O)ccc1CN1CCC[C@H](O[C@H](CO)c2cc(Cl)cc(Cl)c2)[C@@H]1c1ccccc1. The smallest absolute Gasteiger partial charge is 0.335 e. The molecule has 0 unspecified atom stereocenters. The molecule has 0 aliphatic carbocycles. The number of carboxylic acids is 1. The van der Waals surface area contributed by atoms with Gasteiger partial charge in [0.05, 0.1) is 24.3 Å². The molecule has 6 nitrogen and oxygen atoms in total. The molecule has 1 aliphatic rings. The third kappa shape index (κ3) is 6.15. The predicted octanol–water partition coefficient (Wildman–Crippen LogP) is 5.73. The van der Waals surface area contributed by atoms with Gasteiger partial charge in [-0.25, -0.2) is 4.79 Å². The van der Waals surface area contributed by atoms with Gasteiger partial charge in [0.25, 0.3) is 0 Å². The quantitative estimate of drug-likeness (QED) is 0.332. The number of benzene rings is 3. The largest absolute Gasteiger partial charge is 0.478 e. The van der Waals surface area contributed by atoms with Crippen molar-refractivity contribution in [1.82, 2.24) is 4.90 Å². The van der Waals surface area contributed by atoms with E-state index in [9.17, 15) is 15.0 Å². The van der Waals surface area contributed by atoms with Crippen LogP contribution in [-0.4, -0.2) is 40.3 Å². The Morgan fingerprint density at radius 3 is 2.43 bits per heavy atom. The molecule has 35 heavy (non-hydrogen) atoms. The standard InChI is InChI=1S/C27H28Cl2N2O4/c28-21-11-20(12-22(29)14-21)25(16-32)35-24-7-4-10-31(26(24)17-5-2-1-3-6-17)15-19-9-8-18(27(33)34)13-23(19)30/h1-3,5-6,8-9,11-14,24-26,32H,4,7,10,15-16,30H2,(H,33,34)/t24-,25+,26-/m0/s1. The first kappa shape index (κ1) is 25.5. The molecule has 3 aromatic rings. The fraction of sp³-hybridized carbons (Fsp3) is 0.296. The van der Waals surface area contributed by atoms with Gasteiger partial charge >= 0.3 is 5.97 Å². The van der Waals surface area contributed by atoms with E-state index < -0.39 is 12.1 Å². The number of likely N-dealkylation sites (tertiary alicyclic amines) is 1. The second-order valence-corrected chi connectivity index (χ2v) is 9.61. The lowest BCUT2D eigenvalue weighted by Gasteiger charge is -2.43. The molecule has 4 rings (SSSR count). The van der Waals surface area contributed by atoms with Crippen LogP contribution >= 0.6 is 23.2 Å². The molecular formula is C27H28Cl2N2O4. The summed E-state index contributed by atoms with van der Waals surface area (Å²) in [6, 6.07) is 20.0. The second kappa shape index (κ2) is 11.4. The molecule has 1 heterocycles. The minimum atomic E-state index is -1.01. The second-order valence-electron chi connectivity index (χ2n) is 8.74. The number of aliphatic hydroxyl groups excluding tert-OH is 1. The van der Waals surface area contributed by atoms with Crippen LogP contribution in [0, 0.1) is 0 Å². The number of halogens is 2. The summed E-state index contributed by atoms with van der Waals surface area (Å²) in [6.45, 7) is 1.16. The van der Waals surface area contributed by atoms with Crippen molar-refractivity contribution in [3.05, 3.63) is 99.0 Å². The van der Waals surface area contributed by atoms with E-state index >= 15 is 0 Å². The van der Waals surface area contributed by atoms with Gasteiger partial charge in [-0.2, -0.15) is 0 Å². The van der Waals surface area contributed by atoms with Crippen LogP contribution in [0.15, 0.2) is 66.7 Å². The number of anilines is 1. The summed E-state index contributed by atoms with van der Waals surface area (Å²) < 4.78 is 6.53. The third-order valence-corrected chi connectivity index (χ3v) is 6.78. The van der Waals surface area contributed by atoms with Crippen LogP contribution in [0.5, 0.6) is 0 Å². The van der Waals surface area contributed by atoms with Crippen molar-refractivity contribution in [3.63, 3.8) is 0 Å². The van der Waals surface area contributed by atoms with E-state index in [0.29, 0.717) is 22.3 Å². The maximum atomic E-state index is 11.3. The summed E-state index contributed by atoms with van der Waals surface area (Å²) in [6.07, 6.45) is 0.923. The average Bonchev–Trinajstić information content (AvgIpc) is 2.83. The molecule has 1 aliphatic heterocycles. The Morgan fingerprint density at radius 2 is 1.80 bits per heavy atom. The highest BCUT2D eigenvalue weighted by molar-refractivity contribution is 6.34. The molecule has 0 saturated carbocycles. The van der Waals surface area contributed by atoms with Crippen LogP contribution in [0.1, 0.15) is 52.0 Å². The minimum absolute atomic E-state index is 0.0905. The summed E-state index contributed by atoms with van der Waals surface area (Å²) in [4.78, 5) is 13.6. The molecule has 0 aromatic heterocycles. The minimum Gasteiger partial charge on any atom is -0.478 e. The van der Waals surface area contributed by atoms with Crippen molar-refractivity contribution < 1.29 is 19.7 Å².